The van der Waals surface area contributed by atoms with Crippen molar-refractivity contribution in [2.24, 2.45) is 10.8 Å². The third kappa shape index (κ3) is 8.45. The summed E-state index contributed by atoms with van der Waals surface area (Å²) >= 11 is 0. The average Bonchev–Trinajstić information content (AvgIpc) is 2.54. The fraction of sp³-hybridized carbons (Fsp3) is 0.435. The molecule has 2 aromatic rings. The van der Waals surface area contributed by atoms with Gasteiger partial charge in [0.1, 0.15) is 5.76 Å². The molecule has 0 bridgehead atoms. The van der Waals surface area contributed by atoms with Gasteiger partial charge in [-0.2, -0.15) is 5.10 Å². The number of hydrogen-bond donors (Lipinski definition) is 1. The largest absolute Gasteiger partial charge is 0.512 e. The number of ketones is 1. The number of carbonyl (C=O) groups is 1. The fourth-order valence-electron chi connectivity index (χ4n) is 2.02. The number of carbonyl (C=O) groups excluding carboxylic acids is 1. The maximum atomic E-state index is 11.5. The van der Waals surface area contributed by atoms with E-state index in [2.05, 4.69) is 36.2 Å². The molecule has 0 unspecified atom stereocenters. The van der Waals surface area contributed by atoms with Crippen molar-refractivity contribution < 1.29 is 30.0 Å². The molecule has 1 N–H and O–H groups in total. The van der Waals surface area contributed by atoms with Gasteiger partial charge in [0.2, 0.25) is 0 Å². The van der Waals surface area contributed by atoms with Gasteiger partial charge in [0.05, 0.1) is 0 Å². The second-order valence-corrected chi connectivity index (χ2v) is 8.74. The second kappa shape index (κ2) is 10.6. The summed E-state index contributed by atoms with van der Waals surface area (Å²) in [5.74, 6) is 0.104. The maximum Gasteiger partial charge on any atom is 0.164 e. The van der Waals surface area contributed by atoms with E-state index in [9.17, 15) is 9.90 Å². The van der Waals surface area contributed by atoms with Gasteiger partial charge in [-0.3, -0.25) is 4.79 Å². The number of benzene rings is 1. The Morgan fingerprint density at radius 3 is 2.14 bits per heavy atom. The number of nitrogens with zero attached hydrogens (tertiary/aromatic N) is 2. The number of aromatic nitrogens is 2. The minimum atomic E-state index is -0.417. The molecule has 28 heavy (non-hydrogen) atoms. The van der Waals surface area contributed by atoms with Crippen LogP contribution < -0.4 is 0 Å². The SMILES string of the molecule is CC(C)(C)C(=O)/C=C(\O)C(C)(C)C.Cc1c[c-]c(-c2cccnn2)c(C)c1.[Ir]. The van der Waals surface area contributed by atoms with Crippen LogP contribution in [0.2, 0.25) is 0 Å². The molecule has 1 radical (unpaired) electrons. The summed E-state index contributed by atoms with van der Waals surface area (Å²) in [5, 5.41) is 17.5. The normalized spacial score (nSPS) is 11.8. The van der Waals surface area contributed by atoms with E-state index in [-0.39, 0.29) is 37.1 Å². The Bertz CT molecular complexity index is 802. The van der Waals surface area contributed by atoms with Crippen LogP contribution in [-0.2, 0) is 24.9 Å². The van der Waals surface area contributed by atoms with Crippen LogP contribution in [-0.4, -0.2) is 21.1 Å². The van der Waals surface area contributed by atoms with Gasteiger partial charge in [-0.1, -0.05) is 61.5 Å². The minimum Gasteiger partial charge on any atom is -0.512 e. The molecule has 4 nitrogen and oxygen atoms in total. The Balaban J connectivity index is 0.000000505. The smallest absolute Gasteiger partial charge is 0.164 e. The molecular formula is C23H31IrN2O2-. The summed E-state index contributed by atoms with van der Waals surface area (Å²) in [5.41, 5.74) is 3.55. The van der Waals surface area contributed by atoms with Crippen LogP contribution in [0.1, 0.15) is 52.7 Å². The zero-order valence-corrected chi connectivity index (χ0v) is 20.4. The molecule has 0 aliphatic carbocycles. The van der Waals surface area contributed by atoms with Crippen LogP contribution >= 0.6 is 0 Å². The van der Waals surface area contributed by atoms with E-state index in [1.807, 2.05) is 59.7 Å². The fourth-order valence-corrected chi connectivity index (χ4v) is 2.02. The van der Waals surface area contributed by atoms with Gasteiger partial charge in [0.15, 0.2) is 5.78 Å². The number of aryl methyl sites for hydroxylation is 2. The van der Waals surface area contributed by atoms with Crippen molar-refractivity contribution in [1.82, 2.24) is 10.2 Å². The number of aliphatic hydroxyl groups is 1. The quantitative estimate of drug-likeness (QED) is 0.294. The molecule has 1 heterocycles. The van der Waals surface area contributed by atoms with E-state index in [0.29, 0.717) is 0 Å². The van der Waals surface area contributed by atoms with Crippen LogP contribution in [0.15, 0.2) is 42.3 Å². The van der Waals surface area contributed by atoms with E-state index in [4.69, 9.17) is 0 Å². The number of hydrogen-bond acceptors (Lipinski definition) is 4. The zero-order valence-electron chi connectivity index (χ0n) is 18.0. The van der Waals surface area contributed by atoms with Gasteiger partial charge in [0.25, 0.3) is 0 Å². The molecule has 0 saturated carbocycles. The van der Waals surface area contributed by atoms with E-state index in [0.717, 1.165) is 11.3 Å². The molecule has 2 rings (SSSR count). The monoisotopic (exact) mass is 560 g/mol. The molecule has 0 amide bonds. The topological polar surface area (TPSA) is 63.1 Å². The molecule has 1 aromatic heterocycles. The third-order valence-electron chi connectivity index (χ3n) is 3.89. The summed E-state index contributed by atoms with van der Waals surface area (Å²) in [6, 6.07) is 11.1. The van der Waals surface area contributed by atoms with Gasteiger partial charge in [-0.15, -0.1) is 34.9 Å². The zero-order chi connectivity index (χ0) is 20.8. The van der Waals surface area contributed by atoms with Gasteiger partial charge in [-0.25, -0.2) is 5.10 Å². The Hall–Kier alpha value is -1.84. The first-order valence-electron chi connectivity index (χ1n) is 9.05. The molecule has 0 saturated heterocycles. The Morgan fingerprint density at radius 2 is 1.71 bits per heavy atom. The number of allylic oxidation sites excluding steroid dienone is 2. The molecule has 155 valence electrons. The predicted octanol–water partition coefficient (Wildman–Crippen LogP) is 5.65. The molecule has 0 spiro atoms. The van der Waals surface area contributed by atoms with Crippen molar-refractivity contribution in [3.63, 3.8) is 0 Å². The summed E-state index contributed by atoms with van der Waals surface area (Å²) in [7, 11) is 0. The Morgan fingerprint density at radius 1 is 1.11 bits per heavy atom. The summed E-state index contributed by atoms with van der Waals surface area (Å²) in [6.07, 6.45) is 3.01. The van der Waals surface area contributed by atoms with Crippen molar-refractivity contribution in [2.45, 2.75) is 55.4 Å². The van der Waals surface area contributed by atoms with Crippen molar-refractivity contribution >= 4 is 5.78 Å². The summed E-state index contributed by atoms with van der Waals surface area (Å²) < 4.78 is 0. The predicted molar refractivity (Wildman–Crippen MR) is 110 cm³/mol. The van der Waals surface area contributed by atoms with Gasteiger partial charge in [0, 0.05) is 48.9 Å². The van der Waals surface area contributed by atoms with Gasteiger partial charge in [-0.05, 0) is 6.07 Å². The van der Waals surface area contributed by atoms with Crippen molar-refractivity contribution in [3.05, 3.63) is 59.5 Å². The average molecular weight is 560 g/mol. The molecular weight excluding hydrogens is 528 g/mol. The van der Waals surface area contributed by atoms with E-state index in [1.54, 1.807) is 6.20 Å². The van der Waals surface area contributed by atoms with Crippen LogP contribution in [0.25, 0.3) is 11.3 Å². The van der Waals surface area contributed by atoms with Crippen LogP contribution in [0.4, 0.5) is 0 Å². The van der Waals surface area contributed by atoms with E-state index < -0.39 is 5.41 Å². The van der Waals surface area contributed by atoms with Gasteiger partial charge >= 0.3 is 0 Å². The Labute approximate surface area is 182 Å². The minimum absolute atomic E-state index is 0. The van der Waals surface area contributed by atoms with Crippen molar-refractivity contribution in [1.29, 1.82) is 0 Å². The standard InChI is InChI=1S/C12H11N2.C11H20O2.Ir/c1-9-5-6-11(10(2)8-9)12-4-3-7-13-14-12;1-10(2,3)8(12)7-9(13)11(4,5)6;/h3-5,7-8H,1-2H3;7,12H,1-6H3;/q-1;;/b;8-7-;. The number of aliphatic hydroxyl groups excluding tert-OH is 1. The van der Waals surface area contributed by atoms with Gasteiger partial charge < -0.3 is 5.11 Å². The first-order chi connectivity index (χ1) is 12.3. The Kier molecular flexibility index (Phi) is 9.94. The van der Waals surface area contributed by atoms with Crippen molar-refractivity contribution in [2.75, 3.05) is 0 Å². The molecule has 0 fully saturated rings. The molecule has 0 aliphatic heterocycles. The third-order valence-corrected chi connectivity index (χ3v) is 3.89. The van der Waals surface area contributed by atoms with Crippen LogP contribution in [0.3, 0.4) is 0 Å². The summed E-state index contributed by atoms with van der Waals surface area (Å²) in [4.78, 5) is 11.5. The molecule has 5 heteroatoms. The van der Waals surface area contributed by atoms with Crippen LogP contribution in [0.5, 0.6) is 0 Å². The maximum absolute atomic E-state index is 11.5. The summed E-state index contributed by atoms with van der Waals surface area (Å²) in [6.45, 7) is 15.2. The first-order valence-corrected chi connectivity index (χ1v) is 9.05. The number of rotatable bonds is 2. The van der Waals surface area contributed by atoms with Crippen molar-refractivity contribution in [3.8, 4) is 11.3 Å². The van der Waals surface area contributed by atoms with Crippen LogP contribution in [0, 0.1) is 30.7 Å². The molecule has 1 aromatic carbocycles. The first kappa shape index (κ1) is 26.2. The molecule has 0 atom stereocenters. The van der Waals surface area contributed by atoms with E-state index >= 15 is 0 Å². The van der Waals surface area contributed by atoms with E-state index in [1.165, 1.54) is 17.2 Å². The second-order valence-electron chi connectivity index (χ2n) is 8.74. The molecule has 0 aliphatic rings.